The van der Waals surface area contributed by atoms with Gasteiger partial charge in [0.2, 0.25) is 0 Å². The van der Waals surface area contributed by atoms with E-state index < -0.39 is 5.92 Å². The molecule has 3 heteroatoms. The molecule has 1 rings (SSSR count). The van der Waals surface area contributed by atoms with Crippen LogP contribution >= 0.6 is 0 Å². The monoisotopic (exact) mass is 223 g/mol. The summed E-state index contributed by atoms with van der Waals surface area (Å²) in [7, 11) is 1.68. The van der Waals surface area contributed by atoms with Gasteiger partial charge in [0.1, 0.15) is 17.5 Å². The Balaban J connectivity index is 2.92. The van der Waals surface area contributed by atoms with Crippen LogP contribution in [0, 0.1) is 11.3 Å². The molecular formula is C13H21NO2. The molecule has 0 aromatic carbocycles. The molecule has 0 N–H and O–H groups in total. The van der Waals surface area contributed by atoms with Gasteiger partial charge in [-0.25, -0.2) is 0 Å². The van der Waals surface area contributed by atoms with Gasteiger partial charge < -0.3 is 0 Å². The fourth-order valence-corrected chi connectivity index (χ4v) is 2.38. The van der Waals surface area contributed by atoms with Crippen LogP contribution in [0.3, 0.4) is 0 Å². The van der Waals surface area contributed by atoms with E-state index in [1.54, 1.807) is 7.05 Å². The Morgan fingerprint density at radius 3 is 2.56 bits per heavy atom. The largest absolute Gasteiger partial charge is 0.298 e. The van der Waals surface area contributed by atoms with Crippen molar-refractivity contribution in [1.82, 2.24) is 0 Å². The van der Waals surface area contributed by atoms with Crippen LogP contribution in [-0.2, 0) is 9.59 Å². The van der Waals surface area contributed by atoms with Crippen molar-refractivity contribution in [3.05, 3.63) is 0 Å². The van der Waals surface area contributed by atoms with E-state index in [1.807, 2.05) is 6.92 Å². The molecule has 1 aliphatic rings. The van der Waals surface area contributed by atoms with Crippen LogP contribution in [0.15, 0.2) is 4.99 Å². The van der Waals surface area contributed by atoms with Crippen molar-refractivity contribution in [3.63, 3.8) is 0 Å². The van der Waals surface area contributed by atoms with Gasteiger partial charge in [-0.05, 0) is 18.3 Å². The Morgan fingerprint density at radius 2 is 2.06 bits per heavy atom. The molecule has 0 amide bonds. The summed E-state index contributed by atoms with van der Waals surface area (Å²) >= 11 is 0. The molecule has 0 aliphatic heterocycles. The number of hydrogen-bond donors (Lipinski definition) is 0. The van der Waals surface area contributed by atoms with E-state index in [0.717, 1.165) is 18.6 Å². The van der Waals surface area contributed by atoms with Gasteiger partial charge in [0.05, 0.1) is 0 Å². The van der Waals surface area contributed by atoms with Crippen molar-refractivity contribution in [2.45, 2.75) is 46.5 Å². The van der Waals surface area contributed by atoms with Crippen LogP contribution in [0.1, 0.15) is 46.5 Å². The molecule has 0 aromatic heterocycles. The standard InChI is InChI=1S/C13H21NO2/c1-5-6-10(15)12-9(14-4)7-13(2,3)8-11(12)16/h12H,5-8H2,1-4H3. The molecule has 3 nitrogen and oxygen atoms in total. The summed E-state index contributed by atoms with van der Waals surface area (Å²) in [5.41, 5.74) is 0.731. The molecule has 1 unspecified atom stereocenters. The molecule has 0 saturated heterocycles. The van der Waals surface area contributed by atoms with Crippen molar-refractivity contribution in [1.29, 1.82) is 0 Å². The van der Waals surface area contributed by atoms with Gasteiger partial charge >= 0.3 is 0 Å². The summed E-state index contributed by atoms with van der Waals surface area (Å²) in [4.78, 5) is 28.0. The first-order valence-corrected chi connectivity index (χ1v) is 5.92. The highest BCUT2D eigenvalue weighted by molar-refractivity contribution is 6.22. The van der Waals surface area contributed by atoms with E-state index in [2.05, 4.69) is 18.8 Å². The number of nitrogens with zero attached hydrogens (tertiary/aromatic N) is 1. The van der Waals surface area contributed by atoms with Gasteiger partial charge in [0.15, 0.2) is 0 Å². The molecular weight excluding hydrogens is 202 g/mol. The number of ketones is 2. The average Bonchev–Trinajstić information content (AvgIpc) is 2.15. The molecule has 0 aromatic rings. The van der Waals surface area contributed by atoms with Crippen molar-refractivity contribution in [2.75, 3.05) is 7.05 Å². The van der Waals surface area contributed by atoms with Crippen LogP contribution < -0.4 is 0 Å². The predicted octanol–water partition coefficient (Wildman–Crippen LogP) is 2.43. The second-order valence-electron chi connectivity index (χ2n) is 5.35. The predicted molar refractivity (Wildman–Crippen MR) is 64.8 cm³/mol. The molecule has 90 valence electrons. The van der Waals surface area contributed by atoms with Crippen LogP contribution in [0.25, 0.3) is 0 Å². The minimum Gasteiger partial charge on any atom is -0.298 e. The van der Waals surface area contributed by atoms with E-state index >= 15 is 0 Å². The highest BCUT2D eigenvalue weighted by atomic mass is 16.2. The quantitative estimate of drug-likeness (QED) is 0.690. The lowest BCUT2D eigenvalue weighted by atomic mass is 9.69. The number of hydrogen-bond acceptors (Lipinski definition) is 3. The smallest absolute Gasteiger partial charge is 0.149 e. The Hall–Kier alpha value is -0.990. The van der Waals surface area contributed by atoms with Gasteiger partial charge in [-0.15, -0.1) is 0 Å². The van der Waals surface area contributed by atoms with Gasteiger partial charge in [-0.3, -0.25) is 14.6 Å². The van der Waals surface area contributed by atoms with E-state index in [-0.39, 0.29) is 17.0 Å². The molecule has 1 saturated carbocycles. The third-order valence-corrected chi connectivity index (χ3v) is 3.07. The third-order valence-electron chi connectivity index (χ3n) is 3.07. The average molecular weight is 223 g/mol. The van der Waals surface area contributed by atoms with E-state index in [4.69, 9.17) is 0 Å². The molecule has 1 fully saturated rings. The molecule has 0 spiro atoms. The first kappa shape index (κ1) is 13.1. The number of Topliss-reactive ketones (excluding diaryl/α,β-unsaturated/α-hetero) is 2. The molecule has 0 radical (unpaired) electrons. The van der Waals surface area contributed by atoms with E-state index in [1.165, 1.54) is 0 Å². The summed E-state index contributed by atoms with van der Waals surface area (Å²) in [5.74, 6) is -0.447. The highest BCUT2D eigenvalue weighted by Crippen LogP contribution is 2.35. The first-order chi connectivity index (χ1) is 7.41. The zero-order valence-electron chi connectivity index (χ0n) is 10.7. The number of rotatable bonds is 3. The Kier molecular flexibility index (Phi) is 4.00. The topological polar surface area (TPSA) is 46.5 Å². The minimum atomic E-state index is -0.544. The summed E-state index contributed by atoms with van der Waals surface area (Å²) in [6.07, 6.45) is 2.53. The lowest BCUT2D eigenvalue weighted by molar-refractivity contribution is -0.132. The Morgan fingerprint density at radius 1 is 1.44 bits per heavy atom. The van der Waals surface area contributed by atoms with Gasteiger partial charge in [-0.2, -0.15) is 0 Å². The SMILES string of the molecule is CCCC(=O)C1C(=O)CC(C)(C)CC1=NC. The van der Waals surface area contributed by atoms with Crippen LogP contribution in [-0.4, -0.2) is 24.3 Å². The number of aliphatic imine (C=N–C) groups is 1. The Labute approximate surface area is 97.3 Å². The van der Waals surface area contributed by atoms with Crippen LogP contribution in [0.2, 0.25) is 0 Å². The maximum Gasteiger partial charge on any atom is 0.149 e. The second-order valence-corrected chi connectivity index (χ2v) is 5.35. The molecule has 1 atom stereocenters. The van der Waals surface area contributed by atoms with Gasteiger partial charge in [0.25, 0.3) is 0 Å². The molecule has 0 bridgehead atoms. The third kappa shape index (κ3) is 2.77. The van der Waals surface area contributed by atoms with Crippen molar-refractivity contribution in [3.8, 4) is 0 Å². The summed E-state index contributed by atoms with van der Waals surface area (Å²) in [6, 6.07) is 0. The second kappa shape index (κ2) is 4.89. The normalized spacial score (nSPS) is 27.1. The zero-order valence-corrected chi connectivity index (χ0v) is 10.7. The van der Waals surface area contributed by atoms with Crippen molar-refractivity contribution < 1.29 is 9.59 Å². The Bertz CT molecular complexity index is 329. The summed E-state index contributed by atoms with van der Waals surface area (Å²) in [6.45, 7) is 6.06. The van der Waals surface area contributed by atoms with E-state index in [0.29, 0.717) is 12.8 Å². The molecule has 0 heterocycles. The number of carbonyl (C=O) groups is 2. The lowest BCUT2D eigenvalue weighted by Crippen LogP contribution is -2.41. The van der Waals surface area contributed by atoms with Crippen molar-refractivity contribution in [2.24, 2.45) is 16.3 Å². The molecule has 1 aliphatic carbocycles. The fourth-order valence-electron chi connectivity index (χ4n) is 2.38. The van der Waals surface area contributed by atoms with Gasteiger partial charge in [0, 0.05) is 25.6 Å². The highest BCUT2D eigenvalue weighted by Gasteiger charge is 2.40. The summed E-state index contributed by atoms with van der Waals surface area (Å²) < 4.78 is 0. The molecule has 16 heavy (non-hydrogen) atoms. The van der Waals surface area contributed by atoms with Crippen molar-refractivity contribution >= 4 is 17.3 Å². The maximum atomic E-state index is 12.0. The minimum absolute atomic E-state index is 0.0450. The maximum absolute atomic E-state index is 12.0. The van der Waals surface area contributed by atoms with E-state index in [9.17, 15) is 9.59 Å². The van der Waals surface area contributed by atoms with Crippen LogP contribution in [0.5, 0.6) is 0 Å². The zero-order chi connectivity index (χ0) is 12.3. The summed E-state index contributed by atoms with van der Waals surface area (Å²) in [5, 5.41) is 0. The fraction of sp³-hybridized carbons (Fsp3) is 0.769. The first-order valence-electron chi connectivity index (χ1n) is 5.92. The van der Waals surface area contributed by atoms with Crippen LogP contribution in [0.4, 0.5) is 0 Å². The number of carbonyl (C=O) groups excluding carboxylic acids is 2. The lowest BCUT2D eigenvalue weighted by Gasteiger charge is -2.33. The van der Waals surface area contributed by atoms with Gasteiger partial charge in [-0.1, -0.05) is 20.8 Å².